The minimum absolute atomic E-state index is 0.0219. The van der Waals surface area contributed by atoms with Crippen molar-refractivity contribution in [3.63, 3.8) is 0 Å². The number of benzene rings is 1. The lowest BCUT2D eigenvalue weighted by atomic mass is 10.1. The Morgan fingerprint density at radius 3 is 2.83 bits per heavy atom. The number of ketones is 1. The zero-order valence-electron chi connectivity index (χ0n) is 10.2. The average Bonchev–Trinajstić information content (AvgIpc) is 2.37. The van der Waals surface area contributed by atoms with Crippen molar-refractivity contribution >= 4 is 17.2 Å². The first-order valence-electron chi connectivity index (χ1n) is 5.70. The first kappa shape index (κ1) is 12.1. The number of anilines is 2. The Bertz CT molecular complexity index is 552. The van der Waals surface area contributed by atoms with Gasteiger partial charge in [0.15, 0.2) is 5.78 Å². The molecule has 1 aromatic heterocycles. The molecule has 1 heterocycles. The quantitative estimate of drug-likeness (QED) is 0.637. The van der Waals surface area contributed by atoms with Crippen molar-refractivity contribution in [1.29, 1.82) is 0 Å². The molecule has 2 aromatic rings. The highest BCUT2D eigenvalue weighted by Crippen LogP contribution is 2.19. The van der Waals surface area contributed by atoms with E-state index in [4.69, 9.17) is 5.73 Å². The fraction of sp³-hybridized carbons (Fsp3) is 0.143. The average molecular weight is 241 g/mol. The summed E-state index contributed by atoms with van der Waals surface area (Å²) in [6, 6.07) is 9.25. The van der Waals surface area contributed by atoms with Gasteiger partial charge in [0.25, 0.3) is 0 Å². The van der Waals surface area contributed by atoms with E-state index in [2.05, 4.69) is 10.3 Å². The summed E-state index contributed by atoms with van der Waals surface area (Å²) in [5, 5.41) is 3.24. The third kappa shape index (κ3) is 2.85. The lowest BCUT2D eigenvalue weighted by Crippen LogP contribution is -2.03. The molecule has 3 N–H and O–H groups in total. The molecular formula is C14H15N3O. The fourth-order valence-corrected chi connectivity index (χ4v) is 1.70. The molecule has 1 aromatic carbocycles. The SMILES string of the molecule is CC(=O)c1ccc(NCc2cccnc2)cc1N. The van der Waals surface area contributed by atoms with E-state index in [9.17, 15) is 4.79 Å². The van der Waals surface area contributed by atoms with Crippen LogP contribution in [-0.4, -0.2) is 10.8 Å². The normalized spacial score (nSPS) is 10.1. The summed E-state index contributed by atoms with van der Waals surface area (Å²) in [6.45, 7) is 2.18. The van der Waals surface area contributed by atoms with E-state index in [1.54, 1.807) is 24.5 Å². The van der Waals surface area contributed by atoms with E-state index >= 15 is 0 Å². The number of nitrogens with two attached hydrogens (primary N) is 1. The summed E-state index contributed by atoms with van der Waals surface area (Å²) in [5.41, 5.74) is 8.85. The van der Waals surface area contributed by atoms with Crippen LogP contribution in [0.25, 0.3) is 0 Å². The van der Waals surface area contributed by atoms with Crippen molar-refractivity contribution in [1.82, 2.24) is 4.98 Å². The van der Waals surface area contributed by atoms with Gasteiger partial charge in [-0.25, -0.2) is 0 Å². The largest absolute Gasteiger partial charge is 0.398 e. The summed E-state index contributed by atoms with van der Waals surface area (Å²) < 4.78 is 0. The van der Waals surface area contributed by atoms with Crippen LogP contribution in [0.15, 0.2) is 42.7 Å². The van der Waals surface area contributed by atoms with E-state index in [0.29, 0.717) is 17.8 Å². The van der Waals surface area contributed by atoms with Crippen LogP contribution in [0.4, 0.5) is 11.4 Å². The van der Waals surface area contributed by atoms with Gasteiger partial charge in [0.2, 0.25) is 0 Å². The van der Waals surface area contributed by atoms with Crippen molar-refractivity contribution in [2.45, 2.75) is 13.5 Å². The van der Waals surface area contributed by atoms with Gasteiger partial charge in [-0.15, -0.1) is 0 Å². The number of hydrogen-bond acceptors (Lipinski definition) is 4. The van der Waals surface area contributed by atoms with Gasteiger partial charge in [-0.2, -0.15) is 0 Å². The van der Waals surface area contributed by atoms with E-state index in [1.165, 1.54) is 6.92 Å². The third-order valence-electron chi connectivity index (χ3n) is 2.65. The van der Waals surface area contributed by atoms with Crippen molar-refractivity contribution in [3.8, 4) is 0 Å². The molecule has 0 aliphatic carbocycles. The van der Waals surface area contributed by atoms with Gasteiger partial charge < -0.3 is 11.1 Å². The Morgan fingerprint density at radius 2 is 2.22 bits per heavy atom. The number of nitrogens with one attached hydrogen (secondary N) is 1. The Hall–Kier alpha value is -2.36. The highest BCUT2D eigenvalue weighted by atomic mass is 16.1. The van der Waals surface area contributed by atoms with Gasteiger partial charge >= 0.3 is 0 Å². The van der Waals surface area contributed by atoms with Gasteiger partial charge in [-0.1, -0.05) is 6.07 Å². The number of aromatic nitrogens is 1. The maximum absolute atomic E-state index is 11.2. The molecule has 0 unspecified atom stereocenters. The van der Waals surface area contributed by atoms with Crippen LogP contribution in [-0.2, 0) is 6.54 Å². The molecular weight excluding hydrogens is 226 g/mol. The van der Waals surface area contributed by atoms with Gasteiger partial charge in [-0.05, 0) is 36.8 Å². The first-order valence-corrected chi connectivity index (χ1v) is 5.70. The Labute approximate surface area is 106 Å². The number of rotatable bonds is 4. The van der Waals surface area contributed by atoms with Crippen LogP contribution in [0.3, 0.4) is 0 Å². The predicted molar refractivity (Wildman–Crippen MR) is 72.4 cm³/mol. The highest BCUT2D eigenvalue weighted by Gasteiger charge is 2.04. The van der Waals surface area contributed by atoms with Crippen LogP contribution in [0, 0.1) is 0 Å². The monoisotopic (exact) mass is 241 g/mol. The Balaban J connectivity index is 2.07. The molecule has 0 bridgehead atoms. The number of hydrogen-bond donors (Lipinski definition) is 2. The Morgan fingerprint density at radius 1 is 1.39 bits per heavy atom. The van der Waals surface area contributed by atoms with Gasteiger partial charge in [-0.3, -0.25) is 9.78 Å². The zero-order valence-corrected chi connectivity index (χ0v) is 10.2. The van der Waals surface area contributed by atoms with Gasteiger partial charge in [0.05, 0.1) is 0 Å². The molecule has 0 saturated carbocycles. The molecule has 0 spiro atoms. The topological polar surface area (TPSA) is 68.0 Å². The molecule has 0 atom stereocenters. The molecule has 0 aliphatic rings. The second-order valence-corrected chi connectivity index (χ2v) is 4.07. The van der Waals surface area contributed by atoms with Crippen LogP contribution in [0.1, 0.15) is 22.8 Å². The summed E-state index contributed by atoms with van der Waals surface area (Å²) in [7, 11) is 0. The first-order chi connectivity index (χ1) is 8.66. The summed E-state index contributed by atoms with van der Waals surface area (Å²) in [5.74, 6) is -0.0219. The van der Waals surface area contributed by atoms with Crippen LogP contribution >= 0.6 is 0 Å². The summed E-state index contributed by atoms with van der Waals surface area (Å²) in [6.07, 6.45) is 3.55. The van der Waals surface area contributed by atoms with Crippen LogP contribution in [0.2, 0.25) is 0 Å². The van der Waals surface area contributed by atoms with E-state index in [0.717, 1.165) is 11.3 Å². The molecule has 4 nitrogen and oxygen atoms in total. The second-order valence-electron chi connectivity index (χ2n) is 4.07. The molecule has 0 saturated heterocycles. The minimum Gasteiger partial charge on any atom is -0.398 e. The van der Waals surface area contributed by atoms with E-state index in [1.807, 2.05) is 18.2 Å². The maximum atomic E-state index is 11.2. The molecule has 4 heteroatoms. The second kappa shape index (κ2) is 5.31. The lowest BCUT2D eigenvalue weighted by Gasteiger charge is -2.08. The van der Waals surface area contributed by atoms with Crippen molar-refractivity contribution in [2.75, 3.05) is 11.1 Å². The van der Waals surface area contributed by atoms with Gasteiger partial charge in [0.1, 0.15) is 0 Å². The molecule has 2 rings (SSSR count). The summed E-state index contributed by atoms with van der Waals surface area (Å²) >= 11 is 0. The molecule has 92 valence electrons. The van der Waals surface area contributed by atoms with Gasteiger partial charge in [0, 0.05) is 35.9 Å². The number of carbonyl (C=O) groups excluding carboxylic acids is 1. The number of nitrogen functional groups attached to an aromatic ring is 1. The number of nitrogens with zero attached hydrogens (tertiary/aromatic N) is 1. The number of Topliss-reactive ketones (excluding diaryl/α,β-unsaturated/α-hetero) is 1. The summed E-state index contributed by atoms with van der Waals surface area (Å²) in [4.78, 5) is 15.3. The van der Waals surface area contributed by atoms with Crippen LogP contribution < -0.4 is 11.1 Å². The predicted octanol–water partition coefficient (Wildman–Crippen LogP) is 2.48. The van der Waals surface area contributed by atoms with Crippen molar-refractivity contribution in [3.05, 3.63) is 53.9 Å². The zero-order chi connectivity index (χ0) is 13.0. The van der Waals surface area contributed by atoms with E-state index in [-0.39, 0.29) is 5.78 Å². The molecule has 0 fully saturated rings. The van der Waals surface area contributed by atoms with E-state index < -0.39 is 0 Å². The minimum atomic E-state index is -0.0219. The van der Waals surface area contributed by atoms with Crippen molar-refractivity contribution in [2.24, 2.45) is 0 Å². The third-order valence-corrected chi connectivity index (χ3v) is 2.65. The number of carbonyl (C=O) groups is 1. The molecule has 18 heavy (non-hydrogen) atoms. The standard InChI is InChI=1S/C14H15N3O/c1-10(18)13-5-4-12(7-14(13)15)17-9-11-3-2-6-16-8-11/h2-8,17H,9,15H2,1H3. The fourth-order valence-electron chi connectivity index (χ4n) is 1.70. The maximum Gasteiger partial charge on any atom is 0.161 e. The number of pyridine rings is 1. The van der Waals surface area contributed by atoms with Crippen molar-refractivity contribution < 1.29 is 4.79 Å². The molecule has 0 aliphatic heterocycles. The molecule has 0 amide bonds. The smallest absolute Gasteiger partial charge is 0.161 e. The highest BCUT2D eigenvalue weighted by molar-refractivity contribution is 5.99. The lowest BCUT2D eigenvalue weighted by molar-refractivity contribution is 0.101. The molecule has 0 radical (unpaired) electrons. The Kier molecular flexibility index (Phi) is 3.57. The van der Waals surface area contributed by atoms with Crippen LogP contribution in [0.5, 0.6) is 0 Å².